The summed E-state index contributed by atoms with van der Waals surface area (Å²) in [5.74, 6) is 0.301. The van der Waals surface area contributed by atoms with Gasteiger partial charge < -0.3 is 9.88 Å². The molecule has 0 saturated heterocycles. The summed E-state index contributed by atoms with van der Waals surface area (Å²) in [7, 11) is 0. The van der Waals surface area contributed by atoms with E-state index in [-0.39, 0.29) is 23.5 Å². The van der Waals surface area contributed by atoms with Crippen molar-refractivity contribution in [1.82, 2.24) is 20.1 Å². The van der Waals surface area contributed by atoms with E-state index in [0.29, 0.717) is 23.1 Å². The fourth-order valence-corrected chi connectivity index (χ4v) is 3.59. The summed E-state index contributed by atoms with van der Waals surface area (Å²) in [6.07, 6.45) is 0.756. The number of aryl methyl sites for hydroxylation is 1. The molecule has 146 valence electrons. The van der Waals surface area contributed by atoms with Gasteiger partial charge >= 0.3 is 0 Å². The van der Waals surface area contributed by atoms with Gasteiger partial charge in [0.25, 0.3) is 0 Å². The van der Waals surface area contributed by atoms with Crippen LogP contribution in [0.25, 0.3) is 11.4 Å². The number of hydrogen-bond acceptors (Lipinski definition) is 4. The van der Waals surface area contributed by atoms with Crippen LogP contribution < -0.4 is 5.32 Å². The van der Waals surface area contributed by atoms with Gasteiger partial charge in [0.2, 0.25) is 5.91 Å². The molecule has 0 aliphatic rings. The van der Waals surface area contributed by atoms with Crippen molar-refractivity contribution in [1.29, 1.82) is 0 Å². The van der Waals surface area contributed by atoms with E-state index < -0.39 is 0 Å². The van der Waals surface area contributed by atoms with Gasteiger partial charge in [-0.15, -0.1) is 10.2 Å². The highest BCUT2D eigenvalue weighted by Gasteiger charge is 2.18. The second-order valence-electron chi connectivity index (χ2n) is 6.68. The zero-order valence-corrected chi connectivity index (χ0v) is 16.7. The van der Waals surface area contributed by atoms with Crippen molar-refractivity contribution in [2.24, 2.45) is 0 Å². The summed E-state index contributed by atoms with van der Waals surface area (Å²) >= 11 is 1.31. The maximum atomic E-state index is 14.3. The van der Waals surface area contributed by atoms with Gasteiger partial charge in [-0.05, 0) is 38.0 Å². The summed E-state index contributed by atoms with van der Waals surface area (Å²) in [6.45, 7) is 4.43. The summed E-state index contributed by atoms with van der Waals surface area (Å²) in [6, 6.07) is 16.7. The lowest BCUT2D eigenvalue weighted by Gasteiger charge is -2.11. The summed E-state index contributed by atoms with van der Waals surface area (Å²) in [5, 5.41) is 11.9. The summed E-state index contributed by atoms with van der Waals surface area (Å²) in [4.78, 5) is 12.0. The van der Waals surface area contributed by atoms with Crippen molar-refractivity contribution in [3.05, 3.63) is 66.0 Å². The molecule has 0 aliphatic heterocycles. The third-order valence-electron chi connectivity index (χ3n) is 4.08. The van der Waals surface area contributed by atoms with Crippen LogP contribution in [-0.2, 0) is 17.8 Å². The third-order valence-corrected chi connectivity index (χ3v) is 5.05. The molecule has 0 bridgehead atoms. The molecule has 1 amide bonds. The number of halogens is 1. The normalized spacial score (nSPS) is 11.0. The van der Waals surface area contributed by atoms with Crippen molar-refractivity contribution >= 4 is 17.7 Å². The van der Waals surface area contributed by atoms with Crippen molar-refractivity contribution in [2.45, 2.75) is 38.0 Å². The zero-order valence-electron chi connectivity index (χ0n) is 15.9. The van der Waals surface area contributed by atoms with Gasteiger partial charge in [-0.1, -0.05) is 54.2 Å². The Morgan fingerprint density at radius 1 is 1.11 bits per heavy atom. The first-order valence-electron chi connectivity index (χ1n) is 9.19. The predicted octanol–water partition coefficient (Wildman–Crippen LogP) is 3.94. The number of nitrogens with zero attached hydrogens (tertiary/aromatic N) is 3. The number of benzene rings is 2. The molecule has 0 saturated carbocycles. The van der Waals surface area contributed by atoms with E-state index in [4.69, 9.17) is 0 Å². The fourth-order valence-electron chi connectivity index (χ4n) is 2.82. The molecule has 0 radical (unpaired) electrons. The molecule has 28 heavy (non-hydrogen) atoms. The molecule has 1 heterocycles. The summed E-state index contributed by atoms with van der Waals surface area (Å²) < 4.78 is 16.2. The predicted molar refractivity (Wildman–Crippen MR) is 110 cm³/mol. The molecule has 0 unspecified atom stereocenters. The lowest BCUT2D eigenvalue weighted by molar-refractivity contribution is -0.119. The number of rotatable bonds is 8. The molecule has 3 aromatic rings. The minimum atomic E-state index is -0.343. The van der Waals surface area contributed by atoms with Crippen molar-refractivity contribution in [3.8, 4) is 11.4 Å². The van der Waals surface area contributed by atoms with Crippen molar-refractivity contribution in [3.63, 3.8) is 0 Å². The highest BCUT2D eigenvalue weighted by Crippen LogP contribution is 2.26. The van der Waals surface area contributed by atoms with Gasteiger partial charge in [0.05, 0.1) is 11.3 Å². The average molecular weight is 399 g/mol. The Kier molecular flexibility index (Phi) is 6.81. The Balaban J connectivity index is 1.84. The molecule has 0 atom stereocenters. The van der Waals surface area contributed by atoms with Gasteiger partial charge in [-0.3, -0.25) is 4.79 Å². The maximum absolute atomic E-state index is 14.3. The lowest BCUT2D eigenvalue weighted by atomic mass is 10.1. The molecule has 3 rings (SSSR count). The Labute approximate surface area is 168 Å². The fraction of sp³-hybridized carbons (Fsp3) is 0.286. The van der Waals surface area contributed by atoms with E-state index in [2.05, 4.69) is 27.6 Å². The minimum absolute atomic E-state index is 0.0648. The van der Waals surface area contributed by atoms with Crippen LogP contribution in [0.1, 0.15) is 19.4 Å². The van der Waals surface area contributed by atoms with E-state index in [1.54, 1.807) is 18.2 Å². The molecule has 5 nitrogen and oxygen atoms in total. The van der Waals surface area contributed by atoms with Crippen LogP contribution in [0.2, 0.25) is 0 Å². The Bertz CT molecular complexity index is 927. The van der Waals surface area contributed by atoms with Crippen molar-refractivity contribution in [2.75, 3.05) is 5.75 Å². The first-order chi connectivity index (χ1) is 13.5. The van der Waals surface area contributed by atoms with Crippen molar-refractivity contribution < 1.29 is 9.18 Å². The molecular weight excluding hydrogens is 375 g/mol. The van der Waals surface area contributed by atoms with E-state index in [0.717, 1.165) is 6.42 Å². The standard InChI is InChI=1S/C21H23FN4OS/c1-15(2)23-19(27)14-28-21-25-24-20(17-10-6-7-11-18(17)22)26(21)13-12-16-8-4-3-5-9-16/h3-11,15H,12-14H2,1-2H3,(H,23,27). The molecule has 0 spiro atoms. The molecule has 2 aromatic carbocycles. The third kappa shape index (κ3) is 5.19. The Morgan fingerprint density at radius 2 is 1.82 bits per heavy atom. The van der Waals surface area contributed by atoms with Crippen LogP contribution in [0.15, 0.2) is 59.8 Å². The SMILES string of the molecule is CC(C)NC(=O)CSc1nnc(-c2ccccc2F)n1CCc1ccccc1. The highest BCUT2D eigenvalue weighted by atomic mass is 32.2. The molecule has 1 N–H and O–H groups in total. The number of aromatic nitrogens is 3. The monoisotopic (exact) mass is 398 g/mol. The largest absolute Gasteiger partial charge is 0.353 e. The highest BCUT2D eigenvalue weighted by molar-refractivity contribution is 7.99. The number of thioether (sulfide) groups is 1. The van der Waals surface area contributed by atoms with Crippen LogP contribution in [0.4, 0.5) is 4.39 Å². The van der Waals surface area contributed by atoms with E-state index in [1.807, 2.05) is 36.6 Å². The zero-order chi connectivity index (χ0) is 19.9. The molecule has 1 aromatic heterocycles. The molecule has 0 aliphatic carbocycles. The molecule has 0 fully saturated rings. The number of amides is 1. The number of carbonyl (C=O) groups excluding carboxylic acids is 1. The van der Waals surface area contributed by atoms with E-state index in [9.17, 15) is 9.18 Å². The Morgan fingerprint density at radius 3 is 2.54 bits per heavy atom. The smallest absolute Gasteiger partial charge is 0.230 e. The number of hydrogen-bond donors (Lipinski definition) is 1. The first-order valence-corrected chi connectivity index (χ1v) is 10.2. The molecular formula is C21H23FN4OS. The number of nitrogens with one attached hydrogen (secondary N) is 1. The van der Waals surface area contributed by atoms with Crippen LogP contribution in [0.5, 0.6) is 0 Å². The van der Waals surface area contributed by atoms with Gasteiger partial charge in [0.1, 0.15) is 5.82 Å². The van der Waals surface area contributed by atoms with E-state index in [1.165, 1.54) is 23.4 Å². The van der Waals surface area contributed by atoms with Crippen LogP contribution in [0.3, 0.4) is 0 Å². The maximum Gasteiger partial charge on any atom is 0.230 e. The topological polar surface area (TPSA) is 59.8 Å². The van der Waals surface area contributed by atoms with Crippen LogP contribution in [-0.4, -0.2) is 32.5 Å². The Hall–Kier alpha value is -2.67. The van der Waals surface area contributed by atoms with Crippen LogP contribution >= 0.6 is 11.8 Å². The van der Waals surface area contributed by atoms with Gasteiger partial charge in [-0.25, -0.2) is 4.39 Å². The number of carbonyl (C=O) groups is 1. The minimum Gasteiger partial charge on any atom is -0.353 e. The lowest BCUT2D eigenvalue weighted by Crippen LogP contribution is -2.31. The van der Waals surface area contributed by atoms with Gasteiger partial charge in [0, 0.05) is 12.6 Å². The second-order valence-corrected chi connectivity index (χ2v) is 7.63. The average Bonchev–Trinajstić information content (AvgIpc) is 3.08. The molecule has 7 heteroatoms. The second kappa shape index (κ2) is 9.50. The van der Waals surface area contributed by atoms with Crippen LogP contribution in [0, 0.1) is 5.82 Å². The van der Waals surface area contributed by atoms with E-state index >= 15 is 0 Å². The summed E-state index contributed by atoms with van der Waals surface area (Å²) in [5.41, 5.74) is 1.57. The van der Waals surface area contributed by atoms with Gasteiger partial charge in [-0.2, -0.15) is 0 Å². The van der Waals surface area contributed by atoms with Gasteiger partial charge in [0.15, 0.2) is 11.0 Å². The quantitative estimate of drug-likeness (QED) is 0.584. The first kappa shape index (κ1) is 20.1.